The molecule has 0 saturated heterocycles. The van der Waals surface area contributed by atoms with Gasteiger partial charge in [-0.1, -0.05) is 93.6 Å². The van der Waals surface area contributed by atoms with Crippen molar-refractivity contribution in [3.8, 4) is 17.1 Å². The highest BCUT2D eigenvalue weighted by atomic mass is 15.0. The van der Waals surface area contributed by atoms with Gasteiger partial charge in [-0.3, -0.25) is 0 Å². The average molecular weight is 632 g/mol. The molecule has 6 aromatic carbocycles. The summed E-state index contributed by atoms with van der Waals surface area (Å²) in [6.07, 6.45) is 6.81. The van der Waals surface area contributed by atoms with Crippen LogP contribution in [0.3, 0.4) is 0 Å². The molecule has 3 heterocycles. The van der Waals surface area contributed by atoms with Crippen LogP contribution >= 0.6 is 0 Å². The Labute approximate surface area is 285 Å². The summed E-state index contributed by atoms with van der Waals surface area (Å²) in [5.41, 5.74) is 13.9. The molecule has 3 nitrogen and oxygen atoms in total. The SMILES string of the molecule is CC(C)(C)c1ccc(-n2c3ccc(-n4c5c(c6ccccc64)CCC=C5)cc3c3cc(-n4c5ccccc5c5ccccc54)ccc32)cc1. The molecule has 0 amide bonds. The van der Waals surface area contributed by atoms with E-state index in [1.165, 1.54) is 88.4 Å². The third-order valence-electron chi connectivity index (χ3n) is 10.7. The fourth-order valence-electron chi connectivity index (χ4n) is 8.33. The Morgan fingerprint density at radius 3 is 1.51 bits per heavy atom. The van der Waals surface area contributed by atoms with Crippen LogP contribution in [0.2, 0.25) is 0 Å². The van der Waals surface area contributed by atoms with Crippen LogP contribution in [0.4, 0.5) is 0 Å². The van der Waals surface area contributed by atoms with Gasteiger partial charge in [-0.25, -0.2) is 0 Å². The van der Waals surface area contributed by atoms with Crippen LogP contribution in [0.25, 0.3) is 77.7 Å². The van der Waals surface area contributed by atoms with E-state index >= 15 is 0 Å². The zero-order chi connectivity index (χ0) is 32.9. The van der Waals surface area contributed by atoms with Crippen molar-refractivity contribution in [2.75, 3.05) is 0 Å². The second-order valence-corrected chi connectivity index (χ2v) is 14.6. The monoisotopic (exact) mass is 631 g/mol. The molecule has 0 atom stereocenters. The standard InChI is InChI=1S/C46H37N3/c1-46(2,3)30-20-22-31(23-21-30)47-44-26-24-32(48-40-16-8-4-12-34(40)35-13-5-9-17-41(35)48)28-38(44)39-29-33(25-27-45(39)47)49-42-18-10-6-14-36(42)37-15-7-11-19-43(37)49/h4-6,8-14,16-29H,7,15H2,1-3H3. The van der Waals surface area contributed by atoms with Gasteiger partial charge in [0.15, 0.2) is 0 Å². The largest absolute Gasteiger partial charge is 0.310 e. The van der Waals surface area contributed by atoms with Crippen molar-refractivity contribution < 1.29 is 0 Å². The maximum Gasteiger partial charge on any atom is 0.0542 e. The van der Waals surface area contributed by atoms with Gasteiger partial charge in [-0.2, -0.15) is 0 Å². The summed E-state index contributed by atoms with van der Waals surface area (Å²) >= 11 is 0. The number of allylic oxidation sites excluding steroid dienone is 1. The number of hydrogen-bond acceptors (Lipinski definition) is 0. The predicted octanol–water partition coefficient (Wildman–Crippen LogP) is 12.1. The smallest absolute Gasteiger partial charge is 0.0542 e. The van der Waals surface area contributed by atoms with Gasteiger partial charge in [-0.05, 0) is 102 Å². The van der Waals surface area contributed by atoms with Gasteiger partial charge >= 0.3 is 0 Å². The number of nitrogens with zero attached hydrogens (tertiary/aromatic N) is 3. The van der Waals surface area contributed by atoms with E-state index in [2.05, 4.69) is 180 Å². The molecule has 10 rings (SSSR count). The summed E-state index contributed by atoms with van der Waals surface area (Å²) in [5.74, 6) is 0. The topological polar surface area (TPSA) is 14.8 Å². The van der Waals surface area contributed by atoms with Crippen LogP contribution in [0.15, 0.2) is 140 Å². The van der Waals surface area contributed by atoms with E-state index in [9.17, 15) is 0 Å². The molecule has 0 unspecified atom stereocenters. The Hall–Kier alpha value is -5.80. The molecule has 9 aromatic rings. The lowest BCUT2D eigenvalue weighted by Gasteiger charge is -2.19. The van der Waals surface area contributed by atoms with E-state index in [0.717, 1.165) is 12.8 Å². The second-order valence-electron chi connectivity index (χ2n) is 14.6. The number of benzene rings is 6. The van der Waals surface area contributed by atoms with E-state index in [-0.39, 0.29) is 5.41 Å². The van der Waals surface area contributed by atoms with E-state index in [1.54, 1.807) is 0 Å². The van der Waals surface area contributed by atoms with Crippen molar-refractivity contribution >= 4 is 60.6 Å². The number of para-hydroxylation sites is 3. The molecule has 0 radical (unpaired) electrons. The number of rotatable bonds is 3. The first-order valence-corrected chi connectivity index (χ1v) is 17.4. The molecule has 0 saturated carbocycles. The quantitative estimate of drug-likeness (QED) is 0.184. The maximum atomic E-state index is 2.47. The summed E-state index contributed by atoms with van der Waals surface area (Å²) in [6.45, 7) is 6.83. The summed E-state index contributed by atoms with van der Waals surface area (Å²) in [5, 5.41) is 6.41. The first-order valence-electron chi connectivity index (χ1n) is 17.4. The second kappa shape index (κ2) is 10.3. The summed E-state index contributed by atoms with van der Waals surface area (Å²) in [7, 11) is 0. The van der Waals surface area contributed by atoms with Gasteiger partial charge in [-0.15, -0.1) is 0 Å². The highest BCUT2D eigenvalue weighted by Crippen LogP contribution is 2.40. The fourth-order valence-corrected chi connectivity index (χ4v) is 8.33. The van der Waals surface area contributed by atoms with Crippen molar-refractivity contribution in [1.82, 2.24) is 13.7 Å². The summed E-state index contributed by atoms with van der Waals surface area (Å²) in [6, 6.07) is 49.7. The van der Waals surface area contributed by atoms with Crippen molar-refractivity contribution in [2.24, 2.45) is 0 Å². The van der Waals surface area contributed by atoms with Crippen molar-refractivity contribution in [3.63, 3.8) is 0 Å². The van der Waals surface area contributed by atoms with Crippen LogP contribution in [0.1, 0.15) is 44.0 Å². The Morgan fingerprint density at radius 1 is 0.449 bits per heavy atom. The minimum absolute atomic E-state index is 0.0958. The molecule has 1 aliphatic carbocycles. The Morgan fingerprint density at radius 2 is 0.918 bits per heavy atom. The molecular weight excluding hydrogens is 595 g/mol. The minimum atomic E-state index is 0.0958. The van der Waals surface area contributed by atoms with Crippen LogP contribution in [0, 0.1) is 0 Å². The third-order valence-corrected chi connectivity index (χ3v) is 10.7. The lowest BCUT2D eigenvalue weighted by Crippen LogP contribution is -2.10. The number of aromatic nitrogens is 3. The van der Waals surface area contributed by atoms with Crippen molar-refractivity contribution in [1.29, 1.82) is 0 Å². The molecule has 1 aliphatic rings. The van der Waals surface area contributed by atoms with E-state index in [4.69, 9.17) is 0 Å². The predicted molar refractivity (Wildman–Crippen MR) is 208 cm³/mol. The molecular formula is C46H37N3. The zero-order valence-corrected chi connectivity index (χ0v) is 28.1. The molecule has 0 aliphatic heterocycles. The van der Waals surface area contributed by atoms with Crippen molar-refractivity contribution in [3.05, 3.63) is 156 Å². The Kier molecular flexibility index (Phi) is 5.96. The summed E-state index contributed by atoms with van der Waals surface area (Å²) in [4.78, 5) is 0. The molecule has 0 N–H and O–H groups in total. The number of aryl methyl sites for hydroxylation is 1. The first kappa shape index (κ1) is 28.2. The van der Waals surface area contributed by atoms with Gasteiger partial charge in [0.2, 0.25) is 0 Å². The third kappa shape index (κ3) is 4.15. The highest BCUT2D eigenvalue weighted by Gasteiger charge is 2.21. The molecule has 0 fully saturated rings. The highest BCUT2D eigenvalue weighted by molar-refractivity contribution is 6.12. The van der Waals surface area contributed by atoms with Gasteiger partial charge in [0.1, 0.15) is 0 Å². The van der Waals surface area contributed by atoms with E-state index in [1.807, 2.05) is 0 Å². The number of hydrogen-bond donors (Lipinski definition) is 0. The fraction of sp³-hybridized carbons (Fsp3) is 0.130. The molecule has 236 valence electrons. The molecule has 0 spiro atoms. The number of fused-ring (bicyclic) bond motifs is 9. The van der Waals surface area contributed by atoms with Gasteiger partial charge in [0.05, 0.1) is 27.6 Å². The molecule has 3 heteroatoms. The minimum Gasteiger partial charge on any atom is -0.310 e. The van der Waals surface area contributed by atoms with Gasteiger partial charge in [0.25, 0.3) is 0 Å². The average Bonchev–Trinajstić information content (AvgIpc) is 3.76. The first-order chi connectivity index (χ1) is 24.0. The molecule has 0 bridgehead atoms. The van der Waals surface area contributed by atoms with Crippen LogP contribution < -0.4 is 0 Å². The Bertz CT molecular complexity index is 2740. The van der Waals surface area contributed by atoms with E-state index < -0.39 is 0 Å². The lowest BCUT2D eigenvalue weighted by molar-refractivity contribution is 0.590. The lowest BCUT2D eigenvalue weighted by atomic mass is 9.87. The summed E-state index contributed by atoms with van der Waals surface area (Å²) < 4.78 is 7.34. The van der Waals surface area contributed by atoms with Crippen LogP contribution in [-0.4, -0.2) is 13.7 Å². The van der Waals surface area contributed by atoms with Gasteiger partial charge < -0.3 is 13.7 Å². The molecule has 49 heavy (non-hydrogen) atoms. The van der Waals surface area contributed by atoms with Crippen LogP contribution in [-0.2, 0) is 11.8 Å². The zero-order valence-electron chi connectivity index (χ0n) is 28.1. The van der Waals surface area contributed by atoms with Crippen molar-refractivity contribution in [2.45, 2.75) is 39.0 Å². The van der Waals surface area contributed by atoms with Crippen LogP contribution in [0.5, 0.6) is 0 Å². The van der Waals surface area contributed by atoms with Gasteiger partial charge in [0, 0.05) is 49.7 Å². The maximum absolute atomic E-state index is 2.47. The normalized spacial score (nSPS) is 13.4. The Balaban J connectivity index is 1.27. The van der Waals surface area contributed by atoms with E-state index in [0.29, 0.717) is 0 Å². The molecule has 3 aromatic heterocycles.